The summed E-state index contributed by atoms with van der Waals surface area (Å²) >= 11 is 5.80. The van der Waals surface area contributed by atoms with Crippen LogP contribution in [0.3, 0.4) is 0 Å². The monoisotopic (exact) mass is 355 g/mol. The summed E-state index contributed by atoms with van der Waals surface area (Å²) in [4.78, 5) is 3.38. The summed E-state index contributed by atoms with van der Waals surface area (Å²) in [6.07, 6.45) is 0. The molecular formula is C24H18ClN. The van der Waals surface area contributed by atoms with Gasteiger partial charge in [0.15, 0.2) is 0 Å². The molecule has 5 rings (SSSR count). The second-order valence-electron chi connectivity index (χ2n) is 6.09. The minimum Gasteiger partial charge on any atom is -0.355 e. The van der Waals surface area contributed by atoms with Gasteiger partial charge in [0.25, 0.3) is 0 Å². The largest absolute Gasteiger partial charge is 0.355 e. The van der Waals surface area contributed by atoms with Gasteiger partial charge in [-0.1, -0.05) is 90.5 Å². The lowest BCUT2D eigenvalue weighted by atomic mass is 10.1. The van der Waals surface area contributed by atoms with Crippen molar-refractivity contribution in [3.8, 4) is 11.1 Å². The Kier molecular flexibility index (Phi) is 4.72. The predicted molar refractivity (Wildman–Crippen MR) is 113 cm³/mol. The van der Waals surface area contributed by atoms with E-state index in [0.717, 1.165) is 5.02 Å². The van der Waals surface area contributed by atoms with Crippen LogP contribution in [-0.2, 0) is 0 Å². The molecule has 0 unspecified atom stereocenters. The molecule has 0 saturated heterocycles. The second-order valence-corrected chi connectivity index (χ2v) is 6.53. The number of hydrogen-bond acceptors (Lipinski definition) is 0. The summed E-state index contributed by atoms with van der Waals surface area (Å²) in [7, 11) is 0. The summed E-state index contributed by atoms with van der Waals surface area (Å²) in [5.41, 5.74) is 4.84. The Hall–Kier alpha value is -3.03. The number of halogens is 1. The van der Waals surface area contributed by atoms with Gasteiger partial charge in [-0.25, -0.2) is 0 Å². The van der Waals surface area contributed by atoms with Crippen LogP contribution in [0.4, 0.5) is 0 Å². The lowest BCUT2D eigenvalue weighted by Gasteiger charge is -2.00. The van der Waals surface area contributed by atoms with E-state index in [1.54, 1.807) is 0 Å². The standard InChI is InChI=1S/C12H9Cl.C12H9N/c13-12-8-6-11(7-9-12)10-4-2-1-3-5-10;1-3-7-11-9(5-1)10-6-2-4-8-12(10)13-11/h1-9H;1-8,13H. The number of aromatic nitrogens is 1. The molecule has 0 aliphatic heterocycles. The van der Waals surface area contributed by atoms with E-state index < -0.39 is 0 Å². The topological polar surface area (TPSA) is 15.8 Å². The van der Waals surface area contributed by atoms with E-state index in [0.29, 0.717) is 0 Å². The van der Waals surface area contributed by atoms with Crippen molar-refractivity contribution in [2.45, 2.75) is 0 Å². The lowest BCUT2D eigenvalue weighted by molar-refractivity contribution is 1.55. The molecule has 4 aromatic carbocycles. The van der Waals surface area contributed by atoms with Crippen LogP contribution in [-0.4, -0.2) is 4.98 Å². The van der Waals surface area contributed by atoms with Crippen molar-refractivity contribution in [3.05, 3.63) is 108 Å². The Morgan fingerprint density at radius 3 is 1.50 bits per heavy atom. The fourth-order valence-corrected chi connectivity index (χ4v) is 3.20. The van der Waals surface area contributed by atoms with Gasteiger partial charge in [-0.3, -0.25) is 0 Å². The molecule has 2 heteroatoms. The van der Waals surface area contributed by atoms with Crippen LogP contribution in [0.5, 0.6) is 0 Å². The number of aromatic amines is 1. The normalized spacial score (nSPS) is 10.5. The molecule has 0 spiro atoms. The third-order valence-electron chi connectivity index (χ3n) is 4.36. The van der Waals surface area contributed by atoms with Gasteiger partial charge in [0.1, 0.15) is 0 Å². The zero-order valence-electron chi connectivity index (χ0n) is 14.2. The van der Waals surface area contributed by atoms with Gasteiger partial charge in [-0.05, 0) is 35.4 Å². The van der Waals surface area contributed by atoms with Crippen LogP contribution in [0.15, 0.2) is 103 Å². The summed E-state index contributed by atoms with van der Waals surface area (Å²) in [6, 6.07) is 34.9. The average Bonchev–Trinajstić information content (AvgIpc) is 3.08. The predicted octanol–water partition coefficient (Wildman–Crippen LogP) is 7.33. The van der Waals surface area contributed by atoms with Crippen LogP contribution in [0.2, 0.25) is 5.02 Å². The number of hydrogen-bond donors (Lipinski definition) is 1. The van der Waals surface area contributed by atoms with Gasteiger partial charge < -0.3 is 4.98 Å². The van der Waals surface area contributed by atoms with Crippen LogP contribution in [0, 0.1) is 0 Å². The van der Waals surface area contributed by atoms with Crippen LogP contribution >= 0.6 is 11.6 Å². The fraction of sp³-hybridized carbons (Fsp3) is 0. The maximum atomic E-state index is 5.80. The Labute approximate surface area is 157 Å². The van der Waals surface area contributed by atoms with E-state index in [9.17, 15) is 0 Å². The molecule has 0 radical (unpaired) electrons. The van der Waals surface area contributed by atoms with E-state index in [1.807, 2.05) is 42.5 Å². The summed E-state index contributed by atoms with van der Waals surface area (Å²) in [5.74, 6) is 0. The third-order valence-corrected chi connectivity index (χ3v) is 4.62. The first-order valence-electron chi connectivity index (χ1n) is 8.58. The highest BCUT2D eigenvalue weighted by Gasteiger charge is 2.00. The lowest BCUT2D eigenvalue weighted by Crippen LogP contribution is -1.74. The van der Waals surface area contributed by atoms with Crippen molar-refractivity contribution >= 4 is 33.4 Å². The number of rotatable bonds is 1. The molecule has 0 bridgehead atoms. The van der Waals surface area contributed by atoms with Crippen molar-refractivity contribution in [1.82, 2.24) is 4.98 Å². The molecule has 1 aromatic heterocycles. The Bertz CT molecular complexity index is 1070. The molecular weight excluding hydrogens is 338 g/mol. The van der Waals surface area contributed by atoms with Crippen molar-refractivity contribution in [3.63, 3.8) is 0 Å². The van der Waals surface area contributed by atoms with Crippen LogP contribution in [0.25, 0.3) is 32.9 Å². The van der Waals surface area contributed by atoms with Crippen molar-refractivity contribution in [2.75, 3.05) is 0 Å². The van der Waals surface area contributed by atoms with Gasteiger partial charge in [0, 0.05) is 26.8 Å². The number of H-pyrrole nitrogens is 1. The molecule has 0 atom stereocenters. The van der Waals surface area contributed by atoms with E-state index >= 15 is 0 Å². The van der Waals surface area contributed by atoms with Crippen molar-refractivity contribution in [2.24, 2.45) is 0 Å². The summed E-state index contributed by atoms with van der Waals surface area (Å²) < 4.78 is 0. The maximum Gasteiger partial charge on any atom is 0.0464 e. The van der Waals surface area contributed by atoms with E-state index in [1.165, 1.54) is 32.9 Å². The quantitative estimate of drug-likeness (QED) is 0.324. The van der Waals surface area contributed by atoms with E-state index in [2.05, 4.69) is 65.6 Å². The SMILES string of the molecule is Clc1ccc(-c2ccccc2)cc1.c1ccc2c(c1)[nH]c1ccccc12. The van der Waals surface area contributed by atoms with Gasteiger partial charge >= 0.3 is 0 Å². The molecule has 0 amide bonds. The third kappa shape index (κ3) is 3.49. The Morgan fingerprint density at radius 2 is 0.923 bits per heavy atom. The zero-order valence-corrected chi connectivity index (χ0v) is 14.9. The molecule has 126 valence electrons. The minimum absolute atomic E-state index is 0.777. The van der Waals surface area contributed by atoms with Gasteiger partial charge in [-0.15, -0.1) is 0 Å². The fourth-order valence-electron chi connectivity index (χ4n) is 3.07. The number of fused-ring (bicyclic) bond motifs is 3. The molecule has 1 nitrogen and oxygen atoms in total. The molecule has 0 aliphatic rings. The molecule has 5 aromatic rings. The Morgan fingerprint density at radius 1 is 0.462 bits per heavy atom. The smallest absolute Gasteiger partial charge is 0.0464 e. The molecule has 0 aliphatic carbocycles. The Balaban J connectivity index is 0.000000129. The van der Waals surface area contributed by atoms with E-state index in [-0.39, 0.29) is 0 Å². The molecule has 1 N–H and O–H groups in total. The van der Waals surface area contributed by atoms with E-state index in [4.69, 9.17) is 11.6 Å². The molecule has 0 fully saturated rings. The first-order valence-corrected chi connectivity index (χ1v) is 8.95. The van der Waals surface area contributed by atoms with Gasteiger partial charge in [0.05, 0.1) is 0 Å². The highest BCUT2D eigenvalue weighted by molar-refractivity contribution is 6.30. The second kappa shape index (κ2) is 7.47. The average molecular weight is 356 g/mol. The highest BCUT2D eigenvalue weighted by Crippen LogP contribution is 2.24. The van der Waals surface area contributed by atoms with Crippen LogP contribution < -0.4 is 0 Å². The molecule has 1 heterocycles. The van der Waals surface area contributed by atoms with Gasteiger partial charge in [-0.2, -0.15) is 0 Å². The zero-order chi connectivity index (χ0) is 17.8. The van der Waals surface area contributed by atoms with Crippen LogP contribution in [0.1, 0.15) is 0 Å². The number of para-hydroxylation sites is 2. The summed E-state index contributed by atoms with van der Waals surface area (Å²) in [5, 5.41) is 3.39. The highest BCUT2D eigenvalue weighted by atomic mass is 35.5. The maximum absolute atomic E-state index is 5.80. The number of benzene rings is 4. The first-order chi connectivity index (χ1) is 12.8. The van der Waals surface area contributed by atoms with Crippen molar-refractivity contribution in [1.29, 1.82) is 0 Å². The van der Waals surface area contributed by atoms with Crippen molar-refractivity contribution < 1.29 is 0 Å². The number of nitrogens with one attached hydrogen (secondary N) is 1. The summed E-state index contributed by atoms with van der Waals surface area (Å²) in [6.45, 7) is 0. The minimum atomic E-state index is 0.777. The van der Waals surface area contributed by atoms with Gasteiger partial charge in [0.2, 0.25) is 0 Å². The molecule has 26 heavy (non-hydrogen) atoms. The first kappa shape index (κ1) is 16.4. The molecule has 0 saturated carbocycles.